The molecule has 2 amide bonds. The number of rotatable bonds is 5. The minimum Gasteiger partial charge on any atom is -0.345 e. The summed E-state index contributed by atoms with van der Waals surface area (Å²) in [5.41, 5.74) is 1.22. The Labute approximate surface area is 144 Å². The number of carbonyl (C=O) groups is 2. The van der Waals surface area contributed by atoms with Gasteiger partial charge < -0.3 is 15.2 Å². The molecule has 0 aliphatic heterocycles. The second kappa shape index (κ2) is 6.56. The van der Waals surface area contributed by atoms with E-state index >= 15 is 0 Å². The van der Waals surface area contributed by atoms with Gasteiger partial charge in [-0.15, -0.1) is 0 Å². The number of aromatic amines is 1. The average molecular weight is 345 g/mol. The number of carbonyl (C=O) groups excluding carboxylic acids is 2. The molecule has 0 unspecified atom stereocenters. The first kappa shape index (κ1) is 16.4. The minimum atomic E-state index is -0.211. The summed E-state index contributed by atoms with van der Waals surface area (Å²) in [5, 5.41) is 12.4. The van der Waals surface area contributed by atoms with Crippen LogP contribution in [0.3, 0.4) is 0 Å². The van der Waals surface area contributed by atoms with Gasteiger partial charge in [-0.2, -0.15) is 5.10 Å². The average Bonchev–Trinajstić information content (AvgIpc) is 3.23. The van der Waals surface area contributed by atoms with Crippen molar-refractivity contribution in [3.8, 4) is 0 Å². The summed E-state index contributed by atoms with van der Waals surface area (Å²) in [4.78, 5) is 24.0. The molecule has 126 valence electrons. The second-order valence-corrected chi connectivity index (χ2v) is 6.46. The molecule has 0 spiro atoms. The van der Waals surface area contributed by atoms with Crippen molar-refractivity contribution in [2.24, 2.45) is 18.9 Å². The van der Waals surface area contributed by atoms with Gasteiger partial charge in [0.15, 0.2) is 10.6 Å². The van der Waals surface area contributed by atoms with Crippen LogP contribution in [0.5, 0.6) is 0 Å². The molecule has 7 nitrogen and oxygen atoms in total. The van der Waals surface area contributed by atoms with Crippen LogP contribution in [0.25, 0.3) is 0 Å². The summed E-state index contributed by atoms with van der Waals surface area (Å²) in [6, 6.07) is 6.83. The number of aromatic nitrogens is 3. The van der Waals surface area contributed by atoms with Gasteiger partial charge in [0.1, 0.15) is 0 Å². The fourth-order valence-corrected chi connectivity index (χ4v) is 2.58. The van der Waals surface area contributed by atoms with Crippen LogP contribution in [0.1, 0.15) is 29.5 Å². The standard InChI is InChI=1S/C16H19N5O2S/c1-9-7-12(9)15(23)18-11-5-3-10(4-6-11)14(22)17-8-13-19-20-16(24)21(13)2/h3-6,9,12H,7-8H2,1-2H3,(H,17,22)(H,18,23)(H,20,24)/t9-,12+/m0/s1. The van der Waals surface area contributed by atoms with E-state index in [1.807, 2.05) is 0 Å². The summed E-state index contributed by atoms with van der Waals surface area (Å²) in [6.07, 6.45) is 0.947. The van der Waals surface area contributed by atoms with Gasteiger partial charge >= 0.3 is 0 Å². The molecule has 3 N–H and O–H groups in total. The molecular weight excluding hydrogens is 326 g/mol. The van der Waals surface area contributed by atoms with Crippen molar-refractivity contribution in [1.29, 1.82) is 0 Å². The Hall–Kier alpha value is -2.48. The number of amides is 2. The molecule has 1 saturated carbocycles. The van der Waals surface area contributed by atoms with Crippen molar-refractivity contribution in [1.82, 2.24) is 20.1 Å². The van der Waals surface area contributed by atoms with E-state index in [1.165, 1.54) is 0 Å². The van der Waals surface area contributed by atoms with Crippen molar-refractivity contribution in [2.75, 3.05) is 5.32 Å². The molecule has 1 aromatic heterocycles. The van der Waals surface area contributed by atoms with Crippen LogP contribution in [0.2, 0.25) is 0 Å². The fourth-order valence-electron chi connectivity index (χ4n) is 2.43. The van der Waals surface area contributed by atoms with Crippen molar-refractivity contribution in [3.05, 3.63) is 40.4 Å². The molecule has 0 radical (unpaired) electrons. The van der Waals surface area contributed by atoms with Crippen molar-refractivity contribution >= 4 is 29.7 Å². The molecule has 0 saturated heterocycles. The first-order valence-corrected chi connectivity index (χ1v) is 8.16. The molecule has 1 aliphatic rings. The maximum Gasteiger partial charge on any atom is 0.251 e. The Morgan fingerprint density at radius 3 is 2.58 bits per heavy atom. The van der Waals surface area contributed by atoms with E-state index in [2.05, 4.69) is 27.8 Å². The zero-order valence-corrected chi connectivity index (χ0v) is 14.3. The third kappa shape index (κ3) is 3.53. The van der Waals surface area contributed by atoms with Gasteiger partial charge in [0.05, 0.1) is 6.54 Å². The Bertz CT molecular complexity index is 824. The summed E-state index contributed by atoms with van der Waals surface area (Å²) in [5.74, 6) is 1.07. The molecule has 1 fully saturated rings. The third-order valence-corrected chi connectivity index (χ3v) is 4.61. The Morgan fingerprint density at radius 2 is 2.04 bits per heavy atom. The maximum absolute atomic E-state index is 12.2. The lowest BCUT2D eigenvalue weighted by Crippen LogP contribution is -2.24. The molecule has 2 aromatic rings. The van der Waals surface area contributed by atoms with Crippen molar-refractivity contribution < 1.29 is 9.59 Å². The van der Waals surface area contributed by atoms with Gasteiger partial charge in [-0.05, 0) is 48.8 Å². The second-order valence-electron chi connectivity index (χ2n) is 6.07. The highest BCUT2D eigenvalue weighted by Gasteiger charge is 2.39. The monoisotopic (exact) mass is 345 g/mol. The summed E-state index contributed by atoms with van der Waals surface area (Å²) >= 11 is 5.02. The Kier molecular flexibility index (Phi) is 4.48. The topological polar surface area (TPSA) is 91.8 Å². The van der Waals surface area contributed by atoms with E-state index in [-0.39, 0.29) is 24.3 Å². The predicted octanol–water partition coefficient (Wildman–Crippen LogP) is 2.00. The van der Waals surface area contributed by atoms with Crippen LogP contribution in [-0.2, 0) is 18.4 Å². The van der Waals surface area contributed by atoms with Gasteiger partial charge in [-0.3, -0.25) is 14.7 Å². The molecule has 1 aliphatic carbocycles. The number of hydrogen-bond donors (Lipinski definition) is 3. The number of hydrogen-bond acceptors (Lipinski definition) is 4. The van der Waals surface area contributed by atoms with Crippen LogP contribution in [-0.4, -0.2) is 26.6 Å². The number of H-pyrrole nitrogens is 1. The molecule has 0 bridgehead atoms. The fraction of sp³-hybridized carbons (Fsp3) is 0.375. The van der Waals surface area contributed by atoms with E-state index in [4.69, 9.17) is 12.2 Å². The number of benzene rings is 1. The summed E-state index contributed by atoms with van der Waals surface area (Å²) < 4.78 is 2.21. The number of anilines is 1. The van der Waals surface area contributed by atoms with Gasteiger partial charge in [0, 0.05) is 24.2 Å². The third-order valence-electron chi connectivity index (χ3n) is 4.24. The van der Waals surface area contributed by atoms with E-state index in [9.17, 15) is 9.59 Å². The summed E-state index contributed by atoms with van der Waals surface area (Å²) in [6.45, 7) is 2.34. The summed E-state index contributed by atoms with van der Waals surface area (Å²) in [7, 11) is 1.78. The Morgan fingerprint density at radius 1 is 1.38 bits per heavy atom. The largest absolute Gasteiger partial charge is 0.345 e. The Balaban J connectivity index is 1.56. The van der Waals surface area contributed by atoms with Crippen LogP contribution in [0, 0.1) is 16.6 Å². The highest BCUT2D eigenvalue weighted by atomic mass is 32.1. The first-order valence-electron chi connectivity index (χ1n) is 7.75. The molecule has 2 atom stereocenters. The molecule has 1 aromatic carbocycles. The lowest BCUT2D eigenvalue weighted by molar-refractivity contribution is -0.117. The van der Waals surface area contributed by atoms with Crippen LogP contribution < -0.4 is 10.6 Å². The quantitative estimate of drug-likeness (QED) is 0.723. The van der Waals surface area contributed by atoms with Crippen molar-refractivity contribution in [2.45, 2.75) is 19.9 Å². The number of nitrogens with zero attached hydrogens (tertiary/aromatic N) is 2. The maximum atomic E-state index is 12.2. The highest BCUT2D eigenvalue weighted by Crippen LogP contribution is 2.38. The zero-order valence-electron chi connectivity index (χ0n) is 13.5. The molecule has 1 heterocycles. The first-order chi connectivity index (χ1) is 11.5. The lowest BCUT2D eigenvalue weighted by Gasteiger charge is -2.07. The van der Waals surface area contributed by atoms with Gasteiger partial charge in [0.25, 0.3) is 5.91 Å². The van der Waals surface area contributed by atoms with Crippen LogP contribution in [0.4, 0.5) is 5.69 Å². The SMILES string of the molecule is C[C@H]1C[C@H]1C(=O)Nc1ccc(C(=O)NCc2n[nH]c(=S)n2C)cc1. The molecule has 3 rings (SSSR count). The molecular formula is C16H19N5O2S. The van der Waals surface area contributed by atoms with E-state index in [1.54, 1.807) is 35.9 Å². The minimum absolute atomic E-state index is 0.0467. The van der Waals surface area contributed by atoms with Gasteiger partial charge in [0.2, 0.25) is 5.91 Å². The lowest BCUT2D eigenvalue weighted by atomic mass is 10.2. The normalized spacial score (nSPS) is 18.9. The van der Waals surface area contributed by atoms with E-state index in [0.29, 0.717) is 27.8 Å². The van der Waals surface area contributed by atoms with Crippen molar-refractivity contribution in [3.63, 3.8) is 0 Å². The van der Waals surface area contributed by atoms with Crippen LogP contribution >= 0.6 is 12.2 Å². The highest BCUT2D eigenvalue weighted by molar-refractivity contribution is 7.71. The van der Waals surface area contributed by atoms with E-state index < -0.39 is 0 Å². The van der Waals surface area contributed by atoms with E-state index in [0.717, 1.165) is 6.42 Å². The van der Waals surface area contributed by atoms with Gasteiger partial charge in [-0.25, -0.2) is 0 Å². The molecule has 24 heavy (non-hydrogen) atoms. The molecule has 8 heteroatoms. The zero-order chi connectivity index (χ0) is 17.3. The van der Waals surface area contributed by atoms with Crippen LogP contribution in [0.15, 0.2) is 24.3 Å². The number of nitrogens with one attached hydrogen (secondary N) is 3. The predicted molar refractivity (Wildman–Crippen MR) is 91.9 cm³/mol. The smallest absolute Gasteiger partial charge is 0.251 e. The van der Waals surface area contributed by atoms with Gasteiger partial charge in [-0.1, -0.05) is 6.92 Å².